The SMILES string of the molecule is CC(C)c1ccc2[nH]cc(CCCO)c2c1. The molecule has 2 heteroatoms. The van der Waals surface area contributed by atoms with Gasteiger partial charge in [0.1, 0.15) is 0 Å². The number of benzene rings is 1. The van der Waals surface area contributed by atoms with Gasteiger partial charge in [-0.1, -0.05) is 19.9 Å². The van der Waals surface area contributed by atoms with Crippen molar-refractivity contribution in [2.45, 2.75) is 32.6 Å². The van der Waals surface area contributed by atoms with Gasteiger partial charge in [0, 0.05) is 23.7 Å². The van der Waals surface area contributed by atoms with Gasteiger partial charge in [-0.15, -0.1) is 0 Å². The smallest absolute Gasteiger partial charge is 0.0456 e. The highest BCUT2D eigenvalue weighted by atomic mass is 16.2. The maximum Gasteiger partial charge on any atom is 0.0456 e. The van der Waals surface area contributed by atoms with Crippen LogP contribution in [0.3, 0.4) is 0 Å². The van der Waals surface area contributed by atoms with Crippen molar-refractivity contribution in [2.75, 3.05) is 6.61 Å². The minimum Gasteiger partial charge on any atom is -0.396 e. The molecule has 0 bridgehead atoms. The highest BCUT2D eigenvalue weighted by molar-refractivity contribution is 5.84. The van der Waals surface area contributed by atoms with E-state index in [-0.39, 0.29) is 6.61 Å². The summed E-state index contributed by atoms with van der Waals surface area (Å²) in [5, 5.41) is 10.2. The van der Waals surface area contributed by atoms with E-state index in [9.17, 15) is 0 Å². The van der Waals surface area contributed by atoms with Gasteiger partial charge < -0.3 is 10.1 Å². The topological polar surface area (TPSA) is 36.0 Å². The Labute approximate surface area is 96.3 Å². The molecule has 0 fully saturated rings. The molecule has 1 aromatic heterocycles. The van der Waals surface area contributed by atoms with Crippen LogP contribution in [0.5, 0.6) is 0 Å². The Morgan fingerprint density at radius 3 is 2.81 bits per heavy atom. The molecule has 2 aromatic rings. The standard InChI is InChI=1S/C14H19NO/c1-10(2)11-5-6-14-13(8-11)12(9-15-14)4-3-7-16/h5-6,8-10,15-16H,3-4,7H2,1-2H3. The molecule has 0 aliphatic heterocycles. The first-order valence-electron chi connectivity index (χ1n) is 5.93. The number of H-pyrrole nitrogens is 1. The molecule has 2 rings (SSSR count). The molecule has 0 unspecified atom stereocenters. The van der Waals surface area contributed by atoms with Gasteiger partial charge in [-0.05, 0) is 42.0 Å². The fraction of sp³-hybridized carbons (Fsp3) is 0.429. The highest BCUT2D eigenvalue weighted by Crippen LogP contribution is 2.24. The molecular weight excluding hydrogens is 198 g/mol. The lowest BCUT2D eigenvalue weighted by molar-refractivity contribution is 0.289. The van der Waals surface area contributed by atoms with E-state index >= 15 is 0 Å². The van der Waals surface area contributed by atoms with Crippen LogP contribution in [-0.4, -0.2) is 16.7 Å². The molecule has 0 saturated heterocycles. The van der Waals surface area contributed by atoms with E-state index in [1.54, 1.807) is 0 Å². The number of nitrogens with one attached hydrogen (secondary N) is 1. The Bertz CT molecular complexity index is 471. The number of hydrogen-bond acceptors (Lipinski definition) is 1. The van der Waals surface area contributed by atoms with Crippen LogP contribution >= 0.6 is 0 Å². The average molecular weight is 217 g/mol. The summed E-state index contributed by atoms with van der Waals surface area (Å²) in [6, 6.07) is 6.59. The molecule has 1 aromatic carbocycles. The Kier molecular flexibility index (Phi) is 3.30. The summed E-state index contributed by atoms with van der Waals surface area (Å²) in [7, 11) is 0. The maximum absolute atomic E-state index is 8.87. The van der Waals surface area contributed by atoms with E-state index in [0.717, 1.165) is 12.8 Å². The minimum absolute atomic E-state index is 0.260. The first kappa shape index (κ1) is 11.2. The monoisotopic (exact) mass is 217 g/mol. The van der Waals surface area contributed by atoms with Gasteiger partial charge in [-0.25, -0.2) is 0 Å². The van der Waals surface area contributed by atoms with Crippen LogP contribution < -0.4 is 0 Å². The van der Waals surface area contributed by atoms with Crippen molar-refractivity contribution < 1.29 is 5.11 Å². The molecule has 0 atom stereocenters. The Morgan fingerprint density at radius 2 is 2.12 bits per heavy atom. The van der Waals surface area contributed by atoms with Crippen LogP contribution in [0.25, 0.3) is 10.9 Å². The van der Waals surface area contributed by atoms with Crippen molar-refractivity contribution >= 4 is 10.9 Å². The number of fused-ring (bicyclic) bond motifs is 1. The number of aliphatic hydroxyl groups excluding tert-OH is 1. The van der Waals surface area contributed by atoms with E-state index in [1.807, 2.05) is 0 Å². The fourth-order valence-corrected chi connectivity index (χ4v) is 2.03. The summed E-state index contributed by atoms with van der Waals surface area (Å²) < 4.78 is 0. The van der Waals surface area contributed by atoms with E-state index in [2.05, 4.69) is 43.2 Å². The zero-order chi connectivity index (χ0) is 11.5. The third-order valence-corrected chi connectivity index (χ3v) is 3.06. The number of aryl methyl sites for hydroxylation is 1. The molecule has 86 valence electrons. The molecule has 1 heterocycles. The van der Waals surface area contributed by atoms with Crippen molar-refractivity contribution in [2.24, 2.45) is 0 Å². The molecule has 2 nitrogen and oxygen atoms in total. The van der Waals surface area contributed by atoms with Gasteiger partial charge in [0.05, 0.1) is 0 Å². The maximum atomic E-state index is 8.87. The average Bonchev–Trinajstić information content (AvgIpc) is 2.68. The Balaban J connectivity index is 2.39. The predicted molar refractivity (Wildman–Crippen MR) is 67.8 cm³/mol. The first-order valence-corrected chi connectivity index (χ1v) is 5.93. The fourth-order valence-electron chi connectivity index (χ4n) is 2.03. The van der Waals surface area contributed by atoms with Crippen LogP contribution in [-0.2, 0) is 6.42 Å². The second kappa shape index (κ2) is 4.71. The van der Waals surface area contributed by atoms with Crippen LogP contribution in [0.15, 0.2) is 24.4 Å². The largest absolute Gasteiger partial charge is 0.396 e. The summed E-state index contributed by atoms with van der Waals surface area (Å²) in [5.74, 6) is 0.560. The second-order valence-electron chi connectivity index (χ2n) is 4.60. The predicted octanol–water partition coefficient (Wildman–Crippen LogP) is 3.22. The van der Waals surface area contributed by atoms with Gasteiger partial charge in [-0.2, -0.15) is 0 Å². The van der Waals surface area contributed by atoms with Crippen molar-refractivity contribution in [3.63, 3.8) is 0 Å². The van der Waals surface area contributed by atoms with E-state index in [0.29, 0.717) is 5.92 Å². The third-order valence-electron chi connectivity index (χ3n) is 3.06. The molecule has 0 aliphatic rings. The van der Waals surface area contributed by atoms with Crippen LogP contribution in [0, 0.1) is 0 Å². The zero-order valence-corrected chi connectivity index (χ0v) is 9.96. The molecule has 0 radical (unpaired) electrons. The first-order chi connectivity index (χ1) is 7.72. The van der Waals surface area contributed by atoms with Crippen LogP contribution in [0.2, 0.25) is 0 Å². The number of aromatic nitrogens is 1. The van der Waals surface area contributed by atoms with Crippen molar-refractivity contribution in [1.82, 2.24) is 4.98 Å². The van der Waals surface area contributed by atoms with Gasteiger partial charge >= 0.3 is 0 Å². The molecule has 16 heavy (non-hydrogen) atoms. The molecular formula is C14H19NO. The summed E-state index contributed by atoms with van der Waals surface area (Å²) in [6.07, 6.45) is 3.83. The van der Waals surface area contributed by atoms with Gasteiger partial charge in [0.15, 0.2) is 0 Å². The number of aliphatic hydroxyl groups is 1. The van der Waals surface area contributed by atoms with E-state index in [4.69, 9.17) is 5.11 Å². The highest BCUT2D eigenvalue weighted by Gasteiger charge is 2.06. The van der Waals surface area contributed by atoms with Crippen molar-refractivity contribution in [3.8, 4) is 0 Å². The summed E-state index contributed by atoms with van der Waals surface area (Å²) in [5.41, 5.74) is 3.88. The lowest BCUT2D eigenvalue weighted by Crippen LogP contribution is -1.89. The number of hydrogen-bond donors (Lipinski definition) is 2. The summed E-state index contributed by atoms with van der Waals surface area (Å²) in [6.45, 7) is 4.68. The molecule has 0 aliphatic carbocycles. The van der Waals surface area contributed by atoms with Gasteiger partial charge in [0.25, 0.3) is 0 Å². The van der Waals surface area contributed by atoms with Crippen LogP contribution in [0.4, 0.5) is 0 Å². The van der Waals surface area contributed by atoms with Crippen molar-refractivity contribution in [1.29, 1.82) is 0 Å². The molecule has 0 amide bonds. The van der Waals surface area contributed by atoms with Crippen molar-refractivity contribution in [3.05, 3.63) is 35.5 Å². The quantitative estimate of drug-likeness (QED) is 0.810. The number of aromatic amines is 1. The molecule has 2 N–H and O–H groups in total. The van der Waals surface area contributed by atoms with E-state index in [1.165, 1.54) is 22.0 Å². The van der Waals surface area contributed by atoms with Crippen LogP contribution in [0.1, 0.15) is 37.3 Å². The second-order valence-corrected chi connectivity index (χ2v) is 4.60. The summed E-state index contributed by atoms with van der Waals surface area (Å²) in [4.78, 5) is 3.28. The molecule has 0 saturated carbocycles. The third kappa shape index (κ3) is 2.12. The lowest BCUT2D eigenvalue weighted by Gasteiger charge is -2.05. The summed E-state index contributed by atoms with van der Waals surface area (Å²) >= 11 is 0. The Morgan fingerprint density at radius 1 is 1.31 bits per heavy atom. The van der Waals surface area contributed by atoms with E-state index < -0.39 is 0 Å². The normalized spacial score (nSPS) is 11.5. The van der Waals surface area contributed by atoms with Gasteiger partial charge in [-0.3, -0.25) is 0 Å². The zero-order valence-electron chi connectivity index (χ0n) is 9.96. The minimum atomic E-state index is 0.260. The molecule has 0 spiro atoms. The lowest BCUT2D eigenvalue weighted by atomic mass is 9.99. The number of rotatable bonds is 4. The Hall–Kier alpha value is -1.28. The van der Waals surface area contributed by atoms with Gasteiger partial charge in [0.2, 0.25) is 0 Å².